The van der Waals surface area contributed by atoms with E-state index >= 15 is 0 Å². The third-order valence-corrected chi connectivity index (χ3v) is 2.37. The molecule has 84 valence electrons. The minimum Gasteiger partial charge on any atom is -0.493 e. The highest BCUT2D eigenvalue weighted by Gasteiger charge is 1.99. The molecule has 0 saturated heterocycles. The molecule has 0 radical (unpaired) electrons. The molecule has 0 unspecified atom stereocenters. The van der Waals surface area contributed by atoms with E-state index in [4.69, 9.17) is 9.84 Å². The average Bonchev–Trinajstić information content (AvgIpc) is 2.16. The molecule has 0 saturated carbocycles. The topological polar surface area (TPSA) is 29.5 Å². The average molecular weight is 277 g/mol. The van der Waals surface area contributed by atoms with Crippen LogP contribution in [0.2, 0.25) is 0 Å². The SMILES string of the molecule is OCCCCCOc1cc(F)cc(Br)c1. The molecular weight excluding hydrogens is 263 g/mol. The summed E-state index contributed by atoms with van der Waals surface area (Å²) in [5, 5.41) is 8.56. The van der Waals surface area contributed by atoms with Gasteiger partial charge in [0.05, 0.1) is 6.61 Å². The van der Waals surface area contributed by atoms with Gasteiger partial charge in [0.15, 0.2) is 0 Å². The fourth-order valence-electron chi connectivity index (χ4n) is 1.19. The van der Waals surface area contributed by atoms with E-state index in [0.717, 1.165) is 19.3 Å². The Morgan fingerprint density at radius 1 is 1.20 bits per heavy atom. The largest absolute Gasteiger partial charge is 0.493 e. The van der Waals surface area contributed by atoms with E-state index in [1.807, 2.05) is 0 Å². The van der Waals surface area contributed by atoms with Crippen LogP contribution in [0.3, 0.4) is 0 Å². The number of aliphatic hydroxyl groups excluding tert-OH is 1. The molecule has 0 spiro atoms. The Balaban J connectivity index is 2.31. The number of halogens is 2. The van der Waals surface area contributed by atoms with Gasteiger partial charge in [-0.3, -0.25) is 0 Å². The van der Waals surface area contributed by atoms with E-state index in [1.165, 1.54) is 12.1 Å². The van der Waals surface area contributed by atoms with Gasteiger partial charge in [0, 0.05) is 17.1 Å². The van der Waals surface area contributed by atoms with E-state index in [1.54, 1.807) is 6.07 Å². The Kier molecular flexibility index (Phi) is 5.65. The van der Waals surface area contributed by atoms with Gasteiger partial charge < -0.3 is 9.84 Å². The van der Waals surface area contributed by atoms with Crippen molar-refractivity contribution in [3.05, 3.63) is 28.5 Å². The summed E-state index contributed by atoms with van der Waals surface area (Å²) in [5.74, 6) is 0.223. The van der Waals surface area contributed by atoms with Crippen molar-refractivity contribution in [2.24, 2.45) is 0 Å². The van der Waals surface area contributed by atoms with Crippen LogP contribution in [-0.2, 0) is 0 Å². The highest BCUT2D eigenvalue weighted by molar-refractivity contribution is 9.10. The van der Waals surface area contributed by atoms with Crippen LogP contribution in [0.15, 0.2) is 22.7 Å². The second-order valence-electron chi connectivity index (χ2n) is 3.24. The number of ether oxygens (including phenoxy) is 1. The summed E-state index contributed by atoms with van der Waals surface area (Å²) < 4.78 is 19.0. The Labute approximate surface area is 97.2 Å². The molecule has 0 amide bonds. The maximum Gasteiger partial charge on any atom is 0.128 e. The van der Waals surface area contributed by atoms with Crippen LogP contribution < -0.4 is 4.74 Å². The Morgan fingerprint density at radius 2 is 2.00 bits per heavy atom. The summed E-state index contributed by atoms with van der Waals surface area (Å²) in [6, 6.07) is 4.48. The van der Waals surface area contributed by atoms with Crippen LogP contribution in [0.5, 0.6) is 5.75 Å². The summed E-state index contributed by atoms with van der Waals surface area (Å²) in [7, 11) is 0. The molecule has 0 atom stereocenters. The molecule has 2 nitrogen and oxygen atoms in total. The van der Waals surface area contributed by atoms with Crippen molar-refractivity contribution < 1.29 is 14.2 Å². The maximum absolute atomic E-state index is 12.9. The van der Waals surface area contributed by atoms with Crippen molar-refractivity contribution >= 4 is 15.9 Å². The maximum atomic E-state index is 12.9. The highest BCUT2D eigenvalue weighted by Crippen LogP contribution is 2.20. The van der Waals surface area contributed by atoms with Gasteiger partial charge >= 0.3 is 0 Å². The van der Waals surface area contributed by atoms with E-state index in [0.29, 0.717) is 16.8 Å². The van der Waals surface area contributed by atoms with Crippen LogP contribution in [-0.4, -0.2) is 18.3 Å². The smallest absolute Gasteiger partial charge is 0.128 e. The third-order valence-electron chi connectivity index (χ3n) is 1.91. The second kappa shape index (κ2) is 6.80. The van der Waals surface area contributed by atoms with Crippen molar-refractivity contribution in [2.45, 2.75) is 19.3 Å². The molecule has 4 heteroatoms. The molecule has 0 aromatic heterocycles. The van der Waals surface area contributed by atoms with Gasteiger partial charge in [0.25, 0.3) is 0 Å². The fraction of sp³-hybridized carbons (Fsp3) is 0.455. The van der Waals surface area contributed by atoms with E-state index in [2.05, 4.69) is 15.9 Å². The van der Waals surface area contributed by atoms with Gasteiger partial charge in [-0.25, -0.2) is 4.39 Å². The normalized spacial score (nSPS) is 10.3. The van der Waals surface area contributed by atoms with Gasteiger partial charge in [-0.05, 0) is 31.4 Å². The zero-order valence-corrected chi connectivity index (χ0v) is 9.96. The molecule has 0 fully saturated rings. The predicted octanol–water partition coefficient (Wildman–Crippen LogP) is 3.13. The molecule has 0 aliphatic carbocycles. The van der Waals surface area contributed by atoms with E-state index < -0.39 is 0 Å². The number of hydrogen-bond acceptors (Lipinski definition) is 2. The fourth-order valence-corrected chi connectivity index (χ4v) is 1.64. The van der Waals surface area contributed by atoms with Crippen LogP contribution in [0.4, 0.5) is 4.39 Å². The quantitative estimate of drug-likeness (QED) is 0.809. The van der Waals surface area contributed by atoms with E-state index in [-0.39, 0.29) is 12.4 Å². The Morgan fingerprint density at radius 3 is 2.67 bits per heavy atom. The van der Waals surface area contributed by atoms with Crippen molar-refractivity contribution in [3.8, 4) is 5.75 Å². The number of hydrogen-bond donors (Lipinski definition) is 1. The first-order valence-corrected chi connectivity index (χ1v) is 5.71. The van der Waals surface area contributed by atoms with Gasteiger partial charge in [0.1, 0.15) is 11.6 Å². The van der Waals surface area contributed by atoms with Crippen molar-refractivity contribution in [1.82, 2.24) is 0 Å². The third kappa shape index (κ3) is 5.14. The standard InChI is InChI=1S/C11H14BrFO2/c12-9-6-10(13)8-11(7-9)15-5-3-1-2-4-14/h6-8,14H,1-5H2. The molecule has 0 aliphatic heterocycles. The lowest BCUT2D eigenvalue weighted by molar-refractivity contribution is 0.265. The van der Waals surface area contributed by atoms with Gasteiger partial charge in [-0.2, -0.15) is 0 Å². The first-order chi connectivity index (χ1) is 7.22. The number of benzene rings is 1. The molecule has 0 aliphatic rings. The molecular formula is C11H14BrFO2. The van der Waals surface area contributed by atoms with Crippen molar-refractivity contribution in [3.63, 3.8) is 0 Å². The molecule has 1 rings (SSSR count). The second-order valence-corrected chi connectivity index (χ2v) is 4.15. The Hall–Kier alpha value is -0.610. The van der Waals surface area contributed by atoms with Crippen LogP contribution >= 0.6 is 15.9 Å². The minimum absolute atomic E-state index is 0.214. The molecule has 1 aromatic rings. The molecule has 1 aromatic carbocycles. The lowest BCUT2D eigenvalue weighted by Crippen LogP contribution is -1.98. The summed E-state index contributed by atoms with van der Waals surface area (Å²) in [4.78, 5) is 0. The van der Waals surface area contributed by atoms with Crippen molar-refractivity contribution in [1.29, 1.82) is 0 Å². The van der Waals surface area contributed by atoms with Gasteiger partial charge in [0.2, 0.25) is 0 Å². The predicted molar refractivity (Wildman–Crippen MR) is 60.5 cm³/mol. The number of rotatable bonds is 6. The zero-order valence-electron chi connectivity index (χ0n) is 8.38. The van der Waals surface area contributed by atoms with Gasteiger partial charge in [-0.1, -0.05) is 15.9 Å². The minimum atomic E-state index is -0.310. The first kappa shape index (κ1) is 12.5. The number of unbranched alkanes of at least 4 members (excludes halogenated alkanes) is 2. The zero-order chi connectivity index (χ0) is 11.1. The summed E-state index contributed by atoms with van der Waals surface area (Å²) >= 11 is 3.19. The lowest BCUT2D eigenvalue weighted by Gasteiger charge is -2.06. The molecule has 0 heterocycles. The van der Waals surface area contributed by atoms with E-state index in [9.17, 15) is 4.39 Å². The first-order valence-electron chi connectivity index (χ1n) is 4.92. The van der Waals surface area contributed by atoms with Crippen molar-refractivity contribution in [2.75, 3.05) is 13.2 Å². The summed E-state index contributed by atoms with van der Waals surface area (Å²) in [5.41, 5.74) is 0. The van der Waals surface area contributed by atoms with Gasteiger partial charge in [-0.15, -0.1) is 0 Å². The monoisotopic (exact) mass is 276 g/mol. The molecule has 1 N–H and O–H groups in total. The summed E-state index contributed by atoms with van der Waals surface area (Å²) in [6.45, 7) is 0.765. The highest BCUT2D eigenvalue weighted by atomic mass is 79.9. The van der Waals surface area contributed by atoms with Crippen LogP contribution in [0.25, 0.3) is 0 Å². The lowest BCUT2D eigenvalue weighted by atomic mass is 10.2. The molecule has 0 bridgehead atoms. The number of aliphatic hydroxyl groups is 1. The summed E-state index contributed by atoms with van der Waals surface area (Å²) in [6.07, 6.45) is 2.58. The van der Waals surface area contributed by atoms with Crippen LogP contribution in [0.1, 0.15) is 19.3 Å². The molecule has 15 heavy (non-hydrogen) atoms. The Bertz CT molecular complexity index is 284. The van der Waals surface area contributed by atoms with Crippen LogP contribution in [0, 0.1) is 5.82 Å².